The molecule has 106 valence electrons. The molecule has 2 heterocycles. The molecule has 20 heavy (non-hydrogen) atoms. The van der Waals surface area contributed by atoms with Gasteiger partial charge >= 0.3 is 0 Å². The molecule has 0 saturated carbocycles. The highest BCUT2D eigenvalue weighted by molar-refractivity contribution is 9.10. The van der Waals surface area contributed by atoms with Gasteiger partial charge in [-0.25, -0.2) is 0 Å². The number of rotatable bonds is 2. The summed E-state index contributed by atoms with van der Waals surface area (Å²) in [5.74, 6) is 2.13. The van der Waals surface area contributed by atoms with Gasteiger partial charge in [0.2, 0.25) is 0 Å². The molecule has 1 unspecified atom stereocenters. The van der Waals surface area contributed by atoms with Gasteiger partial charge < -0.3 is 13.9 Å². The standard InChI is InChI=1S/C14H11Br2ClO3/c15-9-7-12-11(18-4-1-5-19-12)6-8(9)14(17)10-2-3-13(16)20-10/h2-3,6-7,14H,1,4-5H2. The SMILES string of the molecule is ClC(c1ccc(Br)o1)c1cc2c(cc1Br)OCCCO2. The second-order valence-electron chi connectivity index (χ2n) is 4.38. The van der Waals surface area contributed by atoms with Crippen molar-refractivity contribution < 1.29 is 13.9 Å². The maximum absolute atomic E-state index is 6.49. The monoisotopic (exact) mass is 420 g/mol. The molecule has 6 heteroatoms. The van der Waals surface area contributed by atoms with Gasteiger partial charge in [-0.2, -0.15) is 0 Å². The molecule has 3 nitrogen and oxygen atoms in total. The Hall–Kier alpha value is -0.650. The fraction of sp³-hybridized carbons (Fsp3) is 0.286. The minimum Gasteiger partial charge on any atom is -0.490 e. The molecule has 0 spiro atoms. The quantitative estimate of drug-likeness (QED) is 0.616. The van der Waals surface area contributed by atoms with Crippen molar-refractivity contribution in [2.75, 3.05) is 13.2 Å². The molecule has 0 fully saturated rings. The molecule has 2 aromatic rings. The van der Waals surface area contributed by atoms with E-state index < -0.39 is 5.38 Å². The van der Waals surface area contributed by atoms with Crippen LogP contribution in [0.15, 0.2) is 37.8 Å². The van der Waals surface area contributed by atoms with E-state index in [1.165, 1.54) is 0 Å². The first-order valence-electron chi connectivity index (χ1n) is 6.13. The molecule has 3 rings (SSSR count). The van der Waals surface area contributed by atoms with Crippen LogP contribution in [-0.4, -0.2) is 13.2 Å². The Labute approximate surface area is 138 Å². The van der Waals surface area contributed by atoms with E-state index in [2.05, 4.69) is 31.9 Å². The normalized spacial score (nSPS) is 15.8. The average Bonchev–Trinajstić information content (AvgIpc) is 2.73. The van der Waals surface area contributed by atoms with Crippen LogP contribution in [0.1, 0.15) is 23.1 Å². The van der Waals surface area contributed by atoms with Gasteiger partial charge in [0.05, 0.1) is 13.2 Å². The lowest BCUT2D eigenvalue weighted by Crippen LogP contribution is -1.97. The molecular weight excluding hydrogens is 411 g/mol. The summed E-state index contributed by atoms with van der Waals surface area (Å²) in [7, 11) is 0. The van der Waals surface area contributed by atoms with Crippen molar-refractivity contribution in [3.63, 3.8) is 0 Å². The fourth-order valence-corrected chi connectivity index (χ4v) is 3.31. The summed E-state index contributed by atoms with van der Waals surface area (Å²) in [6, 6.07) is 7.46. The van der Waals surface area contributed by atoms with Crippen molar-refractivity contribution in [1.82, 2.24) is 0 Å². The van der Waals surface area contributed by atoms with Crippen LogP contribution in [0.25, 0.3) is 0 Å². The maximum Gasteiger partial charge on any atom is 0.169 e. The number of benzene rings is 1. The minimum absolute atomic E-state index is 0.396. The van der Waals surface area contributed by atoms with Crippen LogP contribution in [0.4, 0.5) is 0 Å². The lowest BCUT2D eigenvalue weighted by Gasteiger charge is -2.14. The summed E-state index contributed by atoms with van der Waals surface area (Å²) in [6.45, 7) is 1.31. The molecular formula is C14H11Br2ClO3. The molecule has 1 atom stereocenters. The number of hydrogen-bond acceptors (Lipinski definition) is 3. The van der Waals surface area contributed by atoms with Gasteiger partial charge in [-0.05, 0) is 45.8 Å². The molecule has 0 radical (unpaired) electrons. The third-order valence-corrected chi connectivity index (χ3v) is 4.55. The number of furan rings is 1. The largest absolute Gasteiger partial charge is 0.490 e. The smallest absolute Gasteiger partial charge is 0.169 e. The summed E-state index contributed by atoms with van der Waals surface area (Å²) < 4.78 is 18.4. The molecule has 1 aliphatic rings. The Kier molecular flexibility index (Phi) is 4.29. The first-order valence-corrected chi connectivity index (χ1v) is 8.16. The second kappa shape index (κ2) is 6.00. The molecule has 1 aromatic heterocycles. The van der Waals surface area contributed by atoms with Crippen LogP contribution in [0.5, 0.6) is 11.5 Å². The zero-order valence-corrected chi connectivity index (χ0v) is 14.3. The lowest BCUT2D eigenvalue weighted by molar-refractivity contribution is 0.297. The first-order chi connectivity index (χ1) is 9.65. The predicted octanol–water partition coefficient (Wildman–Crippen LogP) is 5.29. The molecule has 0 amide bonds. The summed E-state index contributed by atoms with van der Waals surface area (Å²) in [5, 5.41) is -0.396. The molecule has 0 N–H and O–H groups in total. The summed E-state index contributed by atoms with van der Waals surface area (Å²) in [5.41, 5.74) is 0.887. The van der Waals surface area contributed by atoms with Gasteiger partial charge in [-0.15, -0.1) is 11.6 Å². The van der Waals surface area contributed by atoms with Crippen LogP contribution in [0, 0.1) is 0 Å². The topological polar surface area (TPSA) is 31.6 Å². The van der Waals surface area contributed by atoms with Crippen molar-refractivity contribution in [3.8, 4) is 11.5 Å². The average molecular weight is 423 g/mol. The maximum atomic E-state index is 6.49. The van der Waals surface area contributed by atoms with E-state index in [1.807, 2.05) is 24.3 Å². The van der Waals surface area contributed by atoms with Gasteiger partial charge in [0, 0.05) is 10.9 Å². The molecule has 0 saturated heterocycles. The number of fused-ring (bicyclic) bond motifs is 1. The minimum atomic E-state index is -0.396. The number of ether oxygens (including phenoxy) is 2. The van der Waals surface area contributed by atoms with Crippen molar-refractivity contribution in [1.29, 1.82) is 0 Å². The molecule has 1 aliphatic heterocycles. The van der Waals surface area contributed by atoms with Crippen molar-refractivity contribution in [3.05, 3.63) is 44.7 Å². The third-order valence-electron chi connectivity index (χ3n) is 2.98. The summed E-state index contributed by atoms with van der Waals surface area (Å²) in [6.07, 6.45) is 0.872. The number of halogens is 3. The summed E-state index contributed by atoms with van der Waals surface area (Å²) in [4.78, 5) is 0. The number of alkyl halides is 1. The molecule has 1 aromatic carbocycles. The van der Waals surface area contributed by atoms with E-state index >= 15 is 0 Å². The van der Waals surface area contributed by atoms with Gasteiger partial charge in [-0.3, -0.25) is 0 Å². The van der Waals surface area contributed by atoms with Gasteiger partial charge in [0.1, 0.15) is 11.1 Å². The lowest BCUT2D eigenvalue weighted by atomic mass is 10.1. The molecule has 0 aliphatic carbocycles. The van der Waals surface area contributed by atoms with Crippen LogP contribution < -0.4 is 9.47 Å². The Bertz CT molecular complexity index is 627. The first kappa shape index (κ1) is 14.3. The predicted molar refractivity (Wildman–Crippen MR) is 83.9 cm³/mol. The Balaban J connectivity index is 1.99. The molecule has 0 bridgehead atoms. The highest BCUT2D eigenvalue weighted by atomic mass is 79.9. The highest BCUT2D eigenvalue weighted by Crippen LogP contribution is 2.42. The Morgan fingerprint density at radius 3 is 2.40 bits per heavy atom. The van der Waals surface area contributed by atoms with Crippen molar-refractivity contribution >= 4 is 43.5 Å². The van der Waals surface area contributed by atoms with Crippen LogP contribution in [0.2, 0.25) is 0 Å². The summed E-state index contributed by atoms with van der Waals surface area (Å²) >= 11 is 13.3. The van der Waals surface area contributed by atoms with Gasteiger partial charge in [-0.1, -0.05) is 15.9 Å². The van der Waals surface area contributed by atoms with E-state index in [0.29, 0.717) is 23.6 Å². The zero-order chi connectivity index (χ0) is 14.1. The van der Waals surface area contributed by atoms with Crippen molar-refractivity contribution in [2.24, 2.45) is 0 Å². The number of hydrogen-bond donors (Lipinski definition) is 0. The van der Waals surface area contributed by atoms with E-state index in [9.17, 15) is 0 Å². The van der Waals surface area contributed by atoms with E-state index in [0.717, 1.165) is 28.0 Å². The van der Waals surface area contributed by atoms with Gasteiger partial charge in [0.15, 0.2) is 16.2 Å². The van der Waals surface area contributed by atoms with Crippen molar-refractivity contribution in [2.45, 2.75) is 11.8 Å². The highest BCUT2D eigenvalue weighted by Gasteiger charge is 2.21. The van der Waals surface area contributed by atoms with Crippen LogP contribution in [-0.2, 0) is 0 Å². The third kappa shape index (κ3) is 2.85. The van der Waals surface area contributed by atoms with E-state index in [-0.39, 0.29) is 0 Å². The fourth-order valence-electron chi connectivity index (χ4n) is 2.01. The van der Waals surface area contributed by atoms with Crippen LogP contribution in [0.3, 0.4) is 0 Å². The second-order valence-corrected chi connectivity index (χ2v) is 6.45. The zero-order valence-electron chi connectivity index (χ0n) is 10.4. The Morgan fingerprint density at radius 2 is 1.75 bits per heavy atom. The van der Waals surface area contributed by atoms with Crippen LogP contribution >= 0.6 is 43.5 Å². The van der Waals surface area contributed by atoms with Gasteiger partial charge in [0.25, 0.3) is 0 Å². The Morgan fingerprint density at radius 1 is 1.05 bits per heavy atom. The van der Waals surface area contributed by atoms with E-state index in [4.69, 9.17) is 25.5 Å². The van der Waals surface area contributed by atoms with E-state index in [1.54, 1.807) is 0 Å².